The van der Waals surface area contributed by atoms with Crippen molar-refractivity contribution in [3.8, 4) is 0 Å². The zero-order valence-corrected chi connectivity index (χ0v) is 16.7. The first-order valence-electron chi connectivity index (χ1n) is 8.54. The zero-order chi connectivity index (χ0) is 20.9. The molecule has 28 heavy (non-hydrogen) atoms. The van der Waals surface area contributed by atoms with Crippen LogP contribution < -0.4 is 0 Å². The first kappa shape index (κ1) is 21.6. The highest BCUT2D eigenvalue weighted by Gasteiger charge is 2.22. The minimum atomic E-state index is -4.33. The fourth-order valence-electron chi connectivity index (χ4n) is 3.06. The van der Waals surface area contributed by atoms with Crippen molar-refractivity contribution in [3.05, 3.63) is 64.2 Å². The van der Waals surface area contributed by atoms with Crippen LogP contribution in [0.2, 0.25) is 0 Å². The summed E-state index contributed by atoms with van der Waals surface area (Å²) in [5.41, 5.74) is 2.20. The molecule has 0 saturated carbocycles. The van der Waals surface area contributed by atoms with Gasteiger partial charge in [0.2, 0.25) is 0 Å². The van der Waals surface area contributed by atoms with Gasteiger partial charge in [-0.25, -0.2) is 9.59 Å². The minimum Gasteiger partial charge on any atom is -0.465 e. The molecule has 0 saturated heterocycles. The Bertz CT molecular complexity index is 994. The predicted octanol–water partition coefficient (Wildman–Crippen LogP) is 2.99. The van der Waals surface area contributed by atoms with Gasteiger partial charge in [0.15, 0.2) is 0 Å². The highest BCUT2D eigenvalue weighted by Crippen LogP contribution is 2.22. The quantitative estimate of drug-likeness (QED) is 0.556. The fourth-order valence-corrected chi connectivity index (χ4v) is 3.79. The molecule has 150 valence electrons. The van der Waals surface area contributed by atoms with E-state index >= 15 is 0 Å². The monoisotopic (exact) mass is 406 g/mol. The summed E-state index contributed by atoms with van der Waals surface area (Å²) >= 11 is 0. The van der Waals surface area contributed by atoms with E-state index in [1.54, 1.807) is 24.3 Å². The number of esters is 2. The van der Waals surface area contributed by atoms with E-state index in [4.69, 9.17) is 9.47 Å². The molecule has 0 spiro atoms. The molecule has 2 aromatic rings. The summed E-state index contributed by atoms with van der Waals surface area (Å²) in [4.78, 5) is 24.0. The largest absolute Gasteiger partial charge is 0.465 e. The summed E-state index contributed by atoms with van der Waals surface area (Å²) in [7, 11) is -1.87. The molecule has 0 aliphatic rings. The zero-order valence-electron chi connectivity index (χ0n) is 15.9. The van der Waals surface area contributed by atoms with E-state index in [0.29, 0.717) is 30.4 Å². The van der Waals surface area contributed by atoms with Crippen LogP contribution in [0.4, 0.5) is 0 Å². The number of carbonyl (C=O) groups excluding carboxylic acids is 2. The molecule has 0 atom stereocenters. The van der Waals surface area contributed by atoms with Gasteiger partial charge in [0.25, 0.3) is 10.1 Å². The van der Waals surface area contributed by atoms with Crippen molar-refractivity contribution in [3.63, 3.8) is 0 Å². The Morgan fingerprint density at radius 2 is 1.61 bits per heavy atom. The van der Waals surface area contributed by atoms with Crippen LogP contribution in [0.3, 0.4) is 0 Å². The third-order valence-corrected chi connectivity index (χ3v) is 5.29. The van der Waals surface area contributed by atoms with E-state index in [9.17, 15) is 22.6 Å². The molecule has 0 aliphatic carbocycles. The van der Waals surface area contributed by atoms with Gasteiger partial charge < -0.3 is 9.47 Å². The van der Waals surface area contributed by atoms with Crippen LogP contribution >= 0.6 is 0 Å². The number of ether oxygens (including phenoxy) is 2. The molecule has 0 aromatic heterocycles. The standard InChI is InChI=1S/C20H22O7S/c1-13-10-11-17(28(23,24)25)15(12-13)8-4-6-14-7-5-9-16(19(21)26-2)18(14)20(22)27-3/h5,7,9-12H,4,6,8H2,1-3H3,(H,23,24,25). The molecule has 0 radical (unpaired) electrons. The van der Waals surface area contributed by atoms with Gasteiger partial charge >= 0.3 is 11.9 Å². The lowest BCUT2D eigenvalue weighted by atomic mass is 9.95. The van der Waals surface area contributed by atoms with Gasteiger partial charge in [0.05, 0.1) is 30.2 Å². The summed E-state index contributed by atoms with van der Waals surface area (Å²) in [6, 6.07) is 9.52. The molecule has 0 amide bonds. The van der Waals surface area contributed by atoms with Crippen molar-refractivity contribution >= 4 is 22.1 Å². The van der Waals surface area contributed by atoms with Crippen LogP contribution in [-0.2, 0) is 32.4 Å². The predicted molar refractivity (Wildman–Crippen MR) is 102 cm³/mol. The lowest BCUT2D eigenvalue weighted by Gasteiger charge is -2.13. The summed E-state index contributed by atoms with van der Waals surface area (Å²) in [6.45, 7) is 1.83. The first-order valence-corrected chi connectivity index (χ1v) is 9.98. The molecule has 7 nitrogen and oxygen atoms in total. The minimum absolute atomic E-state index is 0.112. The van der Waals surface area contributed by atoms with E-state index in [-0.39, 0.29) is 16.0 Å². The van der Waals surface area contributed by atoms with Crippen molar-refractivity contribution in [1.82, 2.24) is 0 Å². The summed E-state index contributed by atoms with van der Waals surface area (Å²) in [6.07, 6.45) is 1.24. The molecule has 0 heterocycles. The Morgan fingerprint density at radius 3 is 2.21 bits per heavy atom. The number of rotatable bonds is 7. The summed E-state index contributed by atoms with van der Waals surface area (Å²) in [5.74, 6) is -1.29. The molecular weight excluding hydrogens is 384 g/mol. The number of carbonyl (C=O) groups is 2. The average molecular weight is 406 g/mol. The topological polar surface area (TPSA) is 107 Å². The van der Waals surface area contributed by atoms with Gasteiger partial charge in [-0.2, -0.15) is 8.42 Å². The average Bonchev–Trinajstić information content (AvgIpc) is 2.65. The van der Waals surface area contributed by atoms with Crippen molar-refractivity contribution in [1.29, 1.82) is 0 Å². The number of benzene rings is 2. The Hall–Kier alpha value is -2.71. The highest BCUT2D eigenvalue weighted by molar-refractivity contribution is 7.85. The Kier molecular flexibility index (Phi) is 6.93. The Labute approximate surface area is 164 Å². The van der Waals surface area contributed by atoms with E-state index in [0.717, 1.165) is 5.56 Å². The van der Waals surface area contributed by atoms with Crippen LogP contribution in [0.15, 0.2) is 41.3 Å². The molecule has 2 aromatic carbocycles. The van der Waals surface area contributed by atoms with E-state index < -0.39 is 22.1 Å². The van der Waals surface area contributed by atoms with Crippen molar-refractivity contribution in [2.45, 2.75) is 31.1 Å². The second kappa shape index (κ2) is 8.99. The molecule has 8 heteroatoms. The fraction of sp³-hybridized carbons (Fsp3) is 0.300. The lowest BCUT2D eigenvalue weighted by Crippen LogP contribution is -2.15. The molecule has 0 fully saturated rings. The molecule has 0 aliphatic heterocycles. The van der Waals surface area contributed by atoms with Gasteiger partial charge in [-0.15, -0.1) is 0 Å². The van der Waals surface area contributed by atoms with Crippen molar-refractivity contribution in [2.75, 3.05) is 14.2 Å². The van der Waals surface area contributed by atoms with Crippen LogP contribution in [0.5, 0.6) is 0 Å². The maximum atomic E-state index is 12.2. The summed E-state index contributed by atoms with van der Waals surface area (Å²) in [5, 5.41) is 0. The number of hydrogen-bond donors (Lipinski definition) is 1. The normalized spacial score (nSPS) is 11.1. The second-order valence-corrected chi connectivity index (χ2v) is 7.65. The molecule has 1 N–H and O–H groups in total. The third kappa shape index (κ3) is 4.96. The van der Waals surface area contributed by atoms with Crippen LogP contribution in [-0.4, -0.2) is 39.1 Å². The second-order valence-electron chi connectivity index (χ2n) is 6.26. The number of methoxy groups -OCH3 is 2. The first-order chi connectivity index (χ1) is 13.2. The van der Waals surface area contributed by atoms with Crippen molar-refractivity contribution < 1.29 is 32.0 Å². The van der Waals surface area contributed by atoms with E-state index in [1.165, 1.54) is 26.4 Å². The molecular formula is C20H22O7S. The van der Waals surface area contributed by atoms with Crippen LogP contribution in [0.1, 0.15) is 43.8 Å². The van der Waals surface area contributed by atoms with Crippen molar-refractivity contribution in [2.24, 2.45) is 0 Å². The molecule has 2 rings (SSSR count). The smallest absolute Gasteiger partial charge is 0.339 e. The number of aryl methyl sites for hydroxylation is 3. The lowest BCUT2D eigenvalue weighted by molar-refractivity contribution is 0.0554. The van der Waals surface area contributed by atoms with Gasteiger partial charge in [-0.05, 0) is 49.4 Å². The SMILES string of the molecule is COC(=O)c1cccc(CCCc2cc(C)ccc2S(=O)(=O)O)c1C(=O)OC. The van der Waals surface area contributed by atoms with Gasteiger partial charge in [-0.3, -0.25) is 4.55 Å². The maximum Gasteiger partial charge on any atom is 0.339 e. The van der Waals surface area contributed by atoms with Gasteiger partial charge in [0.1, 0.15) is 0 Å². The van der Waals surface area contributed by atoms with E-state index in [1.807, 2.05) is 6.92 Å². The number of hydrogen-bond acceptors (Lipinski definition) is 6. The van der Waals surface area contributed by atoms with Gasteiger partial charge in [-0.1, -0.05) is 29.8 Å². The van der Waals surface area contributed by atoms with E-state index in [2.05, 4.69) is 0 Å². The third-order valence-electron chi connectivity index (χ3n) is 4.33. The van der Waals surface area contributed by atoms with Crippen LogP contribution in [0, 0.1) is 6.92 Å². The Balaban J connectivity index is 2.30. The maximum absolute atomic E-state index is 12.2. The Morgan fingerprint density at radius 1 is 0.964 bits per heavy atom. The summed E-state index contributed by atoms with van der Waals surface area (Å²) < 4.78 is 42.1. The van der Waals surface area contributed by atoms with Crippen LogP contribution in [0.25, 0.3) is 0 Å². The molecule has 0 bridgehead atoms. The highest BCUT2D eigenvalue weighted by atomic mass is 32.2. The molecule has 0 unspecified atom stereocenters. The van der Waals surface area contributed by atoms with Gasteiger partial charge in [0, 0.05) is 0 Å².